The van der Waals surface area contributed by atoms with E-state index >= 15 is 0 Å². The predicted octanol–water partition coefficient (Wildman–Crippen LogP) is 4.48. The third-order valence-corrected chi connectivity index (χ3v) is 5.07. The third kappa shape index (κ3) is 4.88. The van der Waals surface area contributed by atoms with Crippen LogP contribution in [-0.2, 0) is 6.54 Å². The number of nitrogens with two attached hydrogens (primary N) is 1. The summed E-state index contributed by atoms with van der Waals surface area (Å²) in [4.78, 5) is 2.24. The Balaban J connectivity index is 1.85. The van der Waals surface area contributed by atoms with Gasteiger partial charge in [-0.25, -0.2) is 4.39 Å². The average Bonchev–Trinajstić information content (AvgIpc) is 2.84. The van der Waals surface area contributed by atoms with Gasteiger partial charge in [-0.2, -0.15) is 0 Å². The summed E-state index contributed by atoms with van der Waals surface area (Å²) in [5, 5.41) is 2.15. The van der Waals surface area contributed by atoms with E-state index in [1.165, 1.54) is 5.56 Å². The maximum atomic E-state index is 13.6. The Morgan fingerprint density at radius 1 is 1.38 bits per heavy atom. The summed E-state index contributed by atoms with van der Waals surface area (Å²) in [5.41, 5.74) is 8.98. The fourth-order valence-electron chi connectivity index (χ4n) is 2.19. The molecule has 0 aliphatic carbocycles. The second-order valence-electron chi connectivity index (χ2n) is 5.40. The van der Waals surface area contributed by atoms with Crippen molar-refractivity contribution in [1.82, 2.24) is 4.90 Å². The van der Waals surface area contributed by atoms with Crippen LogP contribution in [0.25, 0.3) is 0 Å². The topological polar surface area (TPSA) is 29.3 Å². The van der Waals surface area contributed by atoms with Gasteiger partial charge in [0.1, 0.15) is 5.82 Å². The minimum Gasteiger partial charge on any atom is -0.324 e. The zero-order valence-electron chi connectivity index (χ0n) is 12.3. The van der Waals surface area contributed by atoms with Crippen molar-refractivity contribution in [2.45, 2.75) is 25.9 Å². The molecular formula is C16H20BrFN2S. The summed E-state index contributed by atoms with van der Waals surface area (Å²) in [6.45, 7) is 3.54. The molecule has 2 N–H and O–H groups in total. The Morgan fingerprint density at radius 3 is 2.76 bits per heavy atom. The van der Waals surface area contributed by atoms with Gasteiger partial charge in [0.2, 0.25) is 0 Å². The van der Waals surface area contributed by atoms with E-state index in [4.69, 9.17) is 5.73 Å². The molecule has 1 atom stereocenters. The molecule has 0 spiro atoms. The van der Waals surface area contributed by atoms with E-state index in [-0.39, 0.29) is 11.9 Å². The smallest absolute Gasteiger partial charge is 0.126 e. The van der Waals surface area contributed by atoms with Crippen LogP contribution in [0.4, 0.5) is 4.39 Å². The van der Waals surface area contributed by atoms with E-state index in [1.807, 2.05) is 6.07 Å². The first kappa shape index (κ1) is 16.6. The van der Waals surface area contributed by atoms with Gasteiger partial charge in [-0.1, -0.05) is 12.1 Å². The minimum absolute atomic E-state index is 0.128. The zero-order valence-corrected chi connectivity index (χ0v) is 14.7. The van der Waals surface area contributed by atoms with E-state index in [0.717, 1.165) is 28.9 Å². The maximum Gasteiger partial charge on any atom is 0.126 e. The number of benzene rings is 1. The molecule has 1 aromatic carbocycles. The van der Waals surface area contributed by atoms with Crippen molar-refractivity contribution in [1.29, 1.82) is 0 Å². The van der Waals surface area contributed by atoms with Crippen LogP contribution in [0.1, 0.15) is 29.2 Å². The molecule has 21 heavy (non-hydrogen) atoms. The van der Waals surface area contributed by atoms with Crippen LogP contribution >= 0.6 is 27.3 Å². The molecule has 0 bridgehead atoms. The van der Waals surface area contributed by atoms with Gasteiger partial charge in [-0.3, -0.25) is 0 Å². The van der Waals surface area contributed by atoms with E-state index < -0.39 is 0 Å². The molecule has 2 nitrogen and oxygen atoms in total. The van der Waals surface area contributed by atoms with Crippen LogP contribution in [0.15, 0.2) is 33.4 Å². The monoisotopic (exact) mass is 370 g/mol. The predicted molar refractivity (Wildman–Crippen MR) is 91.0 cm³/mol. The highest BCUT2D eigenvalue weighted by Crippen LogP contribution is 2.22. The Labute approximate surface area is 137 Å². The SMILES string of the molecule is Cc1ccc(C(N)CCN(C)Cc2csc(Br)c2)cc1F. The molecule has 114 valence electrons. The molecule has 5 heteroatoms. The maximum absolute atomic E-state index is 13.6. The second kappa shape index (κ2) is 7.49. The summed E-state index contributed by atoms with van der Waals surface area (Å²) in [6, 6.07) is 7.26. The molecule has 2 aromatic rings. The fraction of sp³-hybridized carbons (Fsp3) is 0.375. The lowest BCUT2D eigenvalue weighted by molar-refractivity contribution is 0.312. The molecule has 1 aromatic heterocycles. The van der Waals surface area contributed by atoms with Crippen molar-refractivity contribution in [3.05, 3.63) is 55.9 Å². The van der Waals surface area contributed by atoms with Crippen molar-refractivity contribution in [3.8, 4) is 0 Å². The summed E-state index contributed by atoms with van der Waals surface area (Å²) in [5.74, 6) is -0.181. The van der Waals surface area contributed by atoms with Gasteiger partial charge in [-0.05, 0) is 77.1 Å². The second-order valence-corrected chi connectivity index (χ2v) is 7.69. The van der Waals surface area contributed by atoms with Crippen molar-refractivity contribution >= 4 is 27.3 Å². The van der Waals surface area contributed by atoms with Crippen LogP contribution < -0.4 is 5.73 Å². The molecule has 0 radical (unpaired) electrons. The molecule has 0 saturated carbocycles. The minimum atomic E-state index is -0.181. The van der Waals surface area contributed by atoms with Crippen molar-refractivity contribution < 1.29 is 4.39 Å². The van der Waals surface area contributed by atoms with Gasteiger partial charge in [-0.15, -0.1) is 11.3 Å². The molecule has 1 heterocycles. The van der Waals surface area contributed by atoms with Crippen molar-refractivity contribution in [3.63, 3.8) is 0 Å². The molecule has 0 saturated heterocycles. The molecule has 0 aliphatic heterocycles. The number of aryl methyl sites for hydroxylation is 1. The quantitative estimate of drug-likeness (QED) is 0.811. The Hall–Kier alpha value is -0.750. The Morgan fingerprint density at radius 2 is 2.14 bits per heavy atom. The first-order chi connectivity index (χ1) is 9.95. The molecule has 0 fully saturated rings. The van der Waals surface area contributed by atoms with Gasteiger partial charge >= 0.3 is 0 Å². The number of hydrogen-bond acceptors (Lipinski definition) is 3. The highest BCUT2D eigenvalue weighted by atomic mass is 79.9. The van der Waals surface area contributed by atoms with Gasteiger partial charge in [0.25, 0.3) is 0 Å². The lowest BCUT2D eigenvalue weighted by Gasteiger charge is -2.19. The first-order valence-corrected chi connectivity index (χ1v) is 8.56. The van der Waals surface area contributed by atoms with Crippen LogP contribution in [-0.4, -0.2) is 18.5 Å². The van der Waals surface area contributed by atoms with Crippen LogP contribution in [0.3, 0.4) is 0 Å². The molecule has 0 amide bonds. The Kier molecular flexibility index (Phi) is 5.93. The number of halogens is 2. The summed E-state index contributed by atoms with van der Waals surface area (Å²) >= 11 is 5.17. The standard InChI is InChI=1S/C16H20BrFN2S/c1-11-3-4-13(8-14(11)18)15(19)5-6-20(2)9-12-7-16(17)21-10-12/h3-4,7-8,10,15H,5-6,9,19H2,1-2H3. The summed E-state index contributed by atoms with van der Waals surface area (Å²) in [6.07, 6.45) is 0.810. The van der Waals surface area contributed by atoms with Crippen LogP contribution in [0, 0.1) is 12.7 Å². The van der Waals surface area contributed by atoms with Gasteiger partial charge in [0.05, 0.1) is 3.79 Å². The lowest BCUT2D eigenvalue weighted by atomic mass is 10.0. The summed E-state index contributed by atoms with van der Waals surface area (Å²) in [7, 11) is 2.08. The highest BCUT2D eigenvalue weighted by molar-refractivity contribution is 9.11. The van der Waals surface area contributed by atoms with E-state index in [9.17, 15) is 4.39 Å². The number of nitrogens with zero attached hydrogens (tertiary/aromatic N) is 1. The Bertz CT molecular complexity index is 600. The fourth-order valence-corrected chi connectivity index (χ4v) is 3.39. The zero-order chi connectivity index (χ0) is 15.4. The normalized spacial score (nSPS) is 12.9. The average molecular weight is 371 g/mol. The number of thiophene rings is 1. The van der Waals surface area contributed by atoms with Crippen molar-refractivity contribution in [2.75, 3.05) is 13.6 Å². The first-order valence-electron chi connectivity index (χ1n) is 6.89. The number of rotatable bonds is 6. The number of hydrogen-bond donors (Lipinski definition) is 1. The summed E-state index contributed by atoms with van der Waals surface area (Å²) < 4.78 is 14.7. The highest BCUT2D eigenvalue weighted by Gasteiger charge is 2.10. The van der Waals surface area contributed by atoms with Gasteiger partial charge in [0, 0.05) is 12.6 Å². The third-order valence-electron chi connectivity index (χ3n) is 3.52. The van der Waals surface area contributed by atoms with E-state index in [1.54, 1.807) is 30.4 Å². The van der Waals surface area contributed by atoms with E-state index in [0.29, 0.717) is 5.56 Å². The lowest BCUT2D eigenvalue weighted by Crippen LogP contribution is -2.23. The van der Waals surface area contributed by atoms with Gasteiger partial charge < -0.3 is 10.6 Å². The van der Waals surface area contributed by atoms with Gasteiger partial charge in [0.15, 0.2) is 0 Å². The van der Waals surface area contributed by atoms with Crippen LogP contribution in [0.2, 0.25) is 0 Å². The molecule has 0 aliphatic rings. The molecular weight excluding hydrogens is 351 g/mol. The largest absolute Gasteiger partial charge is 0.324 e. The molecule has 1 unspecified atom stereocenters. The van der Waals surface area contributed by atoms with Crippen LogP contribution in [0.5, 0.6) is 0 Å². The molecule has 2 rings (SSSR count). The van der Waals surface area contributed by atoms with E-state index in [2.05, 4.69) is 39.3 Å². The van der Waals surface area contributed by atoms with Crippen molar-refractivity contribution in [2.24, 2.45) is 5.73 Å².